The lowest BCUT2D eigenvalue weighted by atomic mass is 9.99. The number of aromatic nitrogens is 2. The molecule has 1 aromatic heterocycles. The van der Waals surface area contributed by atoms with Crippen molar-refractivity contribution >= 4 is 17.7 Å². The molecule has 1 unspecified atom stereocenters. The topological polar surface area (TPSA) is 58.4 Å². The van der Waals surface area contributed by atoms with E-state index in [-0.39, 0.29) is 54.5 Å². The summed E-state index contributed by atoms with van der Waals surface area (Å²) < 4.78 is 133. The van der Waals surface area contributed by atoms with Crippen molar-refractivity contribution in [3.05, 3.63) is 117 Å². The summed E-state index contributed by atoms with van der Waals surface area (Å²) >= 11 is 0.0722. The summed E-state index contributed by atoms with van der Waals surface area (Å²) in [6, 6.07) is 4.39. The Labute approximate surface area is 295 Å². The van der Waals surface area contributed by atoms with Gasteiger partial charge in [0.25, 0.3) is 5.56 Å². The highest BCUT2D eigenvalue weighted by atomic mass is 32.2. The molecule has 48 heavy (non-hydrogen) atoms. The van der Waals surface area contributed by atoms with Crippen LogP contribution < -0.4 is 5.56 Å². The first-order valence-corrected chi connectivity index (χ1v) is 16.2. The average molecular weight is 690 g/mol. The number of alkyl halides is 3. The molecule has 0 aliphatic heterocycles. The molecular weight excluding hydrogens is 640 g/mol. The van der Waals surface area contributed by atoms with Crippen LogP contribution in [-0.2, 0) is 36.0 Å². The molecule has 1 heterocycles. The van der Waals surface area contributed by atoms with Crippen LogP contribution in [0, 0.1) is 5.82 Å². The molecule has 0 saturated heterocycles. The molecule has 0 N–H and O–H groups in total. The number of nitrogens with zero attached hydrogens (tertiary/aromatic N) is 4. The first-order valence-electron chi connectivity index (χ1n) is 19.9. The first-order chi connectivity index (χ1) is 26.5. The van der Waals surface area contributed by atoms with E-state index < -0.39 is 82.1 Å². The molecule has 0 bridgehead atoms. The highest BCUT2D eigenvalue weighted by Crippen LogP contribution is 2.32. The monoisotopic (exact) mass is 689 g/mol. The largest absolute Gasteiger partial charge is 0.416 e. The Hall–Kier alpha value is -3.96. The molecule has 1 amide bonds. The minimum absolute atomic E-state index is 0.0570. The van der Waals surface area contributed by atoms with Crippen molar-refractivity contribution in [2.24, 2.45) is 0 Å². The van der Waals surface area contributed by atoms with E-state index in [1.807, 2.05) is 18.7 Å². The van der Waals surface area contributed by atoms with E-state index in [9.17, 15) is 31.3 Å². The van der Waals surface area contributed by atoms with Crippen molar-refractivity contribution in [2.45, 2.75) is 69.6 Å². The number of rotatable bonds is 13. The van der Waals surface area contributed by atoms with Gasteiger partial charge in [-0.25, -0.2) is 4.39 Å². The third-order valence-electron chi connectivity index (χ3n) is 8.18. The second-order valence-electron chi connectivity index (χ2n) is 11.0. The second kappa shape index (κ2) is 15.5. The zero-order valence-electron chi connectivity index (χ0n) is 35.6. The van der Waals surface area contributed by atoms with Crippen molar-refractivity contribution in [2.75, 3.05) is 26.2 Å². The number of carbonyl (C=O) groups is 1. The Bertz CT molecular complexity index is 2190. The van der Waals surface area contributed by atoms with E-state index >= 15 is 0 Å². The van der Waals surface area contributed by atoms with Gasteiger partial charge in [-0.3, -0.25) is 9.59 Å². The molecule has 1 aliphatic rings. The summed E-state index contributed by atoms with van der Waals surface area (Å²) in [6.07, 6.45) is -3.86. The molecular formula is C37H40F4N4O2S. The van der Waals surface area contributed by atoms with Crippen molar-refractivity contribution < 1.29 is 34.7 Å². The summed E-state index contributed by atoms with van der Waals surface area (Å²) in [5.41, 5.74) is -4.10. The molecule has 0 radical (unpaired) electrons. The van der Waals surface area contributed by atoms with Crippen LogP contribution in [0.25, 0.3) is 11.1 Å². The van der Waals surface area contributed by atoms with Crippen molar-refractivity contribution in [1.82, 2.24) is 19.4 Å². The van der Waals surface area contributed by atoms with Crippen molar-refractivity contribution in [3.8, 4) is 11.1 Å². The standard InChI is InChI=1S/C37H40F4N4O2S/c1-4-43(5-2)21-22-44(25(3)27-11-13-28(14-12-27)29-15-17-30(18-16-29)37(39,40)41)34(46)23-45-33-8-6-7-32(33)35(47)42-36(45)48-24-26-9-19-31(38)20-10-26/h9-20,25H,4-8,21-24H2,1-3H3/i9D,10D,19D,20D,23D2,24D2,25D. The van der Waals surface area contributed by atoms with E-state index in [2.05, 4.69) is 4.98 Å². The number of hydrogen-bond acceptors (Lipinski definition) is 5. The van der Waals surface area contributed by atoms with Gasteiger partial charge >= 0.3 is 6.18 Å². The predicted molar refractivity (Wildman–Crippen MR) is 181 cm³/mol. The number of hydrogen-bond donors (Lipinski definition) is 0. The van der Waals surface area contributed by atoms with Gasteiger partial charge in [0.15, 0.2) is 5.16 Å². The number of amides is 1. The molecule has 1 atom stereocenters. The van der Waals surface area contributed by atoms with Gasteiger partial charge in [0, 0.05) is 32.8 Å². The lowest BCUT2D eigenvalue weighted by Gasteiger charge is -2.33. The smallest absolute Gasteiger partial charge is 0.333 e. The van der Waals surface area contributed by atoms with Crippen LogP contribution in [0.2, 0.25) is 0 Å². The van der Waals surface area contributed by atoms with E-state index in [1.165, 1.54) is 31.2 Å². The Morgan fingerprint density at radius 2 is 1.65 bits per heavy atom. The molecule has 11 heteroatoms. The normalized spacial score (nSPS) is 17.5. The predicted octanol–water partition coefficient (Wildman–Crippen LogP) is 7.78. The number of fused-ring (bicyclic) bond motifs is 1. The minimum Gasteiger partial charge on any atom is -0.333 e. The molecule has 1 aliphatic carbocycles. The molecule has 5 rings (SSSR count). The van der Waals surface area contributed by atoms with E-state index in [1.54, 1.807) is 12.1 Å². The number of thioether (sulfide) groups is 1. The van der Waals surface area contributed by atoms with Gasteiger partial charge in [-0.2, -0.15) is 18.2 Å². The van der Waals surface area contributed by atoms with Crippen LogP contribution in [-0.4, -0.2) is 51.4 Å². The van der Waals surface area contributed by atoms with Crippen LogP contribution in [0.3, 0.4) is 0 Å². The fraction of sp³-hybridized carbons (Fsp3) is 0.378. The van der Waals surface area contributed by atoms with Gasteiger partial charge in [-0.05, 0) is 85.7 Å². The summed E-state index contributed by atoms with van der Waals surface area (Å²) in [4.78, 5) is 35.0. The third kappa shape index (κ3) is 8.36. The summed E-state index contributed by atoms with van der Waals surface area (Å²) in [7, 11) is 0. The van der Waals surface area contributed by atoms with Crippen LogP contribution in [0.15, 0.2) is 82.7 Å². The van der Waals surface area contributed by atoms with Gasteiger partial charge in [0.1, 0.15) is 12.3 Å². The van der Waals surface area contributed by atoms with Gasteiger partial charge < -0.3 is 14.4 Å². The van der Waals surface area contributed by atoms with Crippen LogP contribution in [0.5, 0.6) is 0 Å². The number of likely N-dealkylation sites (N-methyl/N-ethyl adjacent to an activating group) is 1. The van der Waals surface area contributed by atoms with E-state index in [0.29, 0.717) is 30.6 Å². The minimum atomic E-state index is -4.52. The molecule has 0 fully saturated rings. The van der Waals surface area contributed by atoms with Gasteiger partial charge in [0.05, 0.1) is 21.2 Å². The second-order valence-corrected chi connectivity index (χ2v) is 11.8. The SMILES string of the molecule is [2H]c1c([2H])c(C([2H])([2H])Sc2nc(=O)c3c(n2C([2H])([2H])C(=O)N(CCN(CC)CC)C([2H])(C)c2ccc(-c4ccc(C(F)(F)F)cc4)cc2)CCC3)c([2H])c([2H])c1F. The maximum absolute atomic E-state index is 14.8. The number of halogens is 4. The van der Waals surface area contributed by atoms with Gasteiger partial charge in [-0.1, -0.05) is 74.1 Å². The highest BCUT2D eigenvalue weighted by molar-refractivity contribution is 7.98. The molecule has 3 aromatic carbocycles. The fourth-order valence-electron chi connectivity index (χ4n) is 5.42. The van der Waals surface area contributed by atoms with Crippen LogP contribution in [0.4, 0.5) is 17.6 Å². The number of carbonyl (C=O) groups excluding carboxylic acids is 1. The summed E-state index contributed by atoms with van der Waals surface area (Å²) in [6.45, 7) is 3.19. The Kier molecular flexibility index (Phi) is 8.10. The maximum atomic E-state index is 14.8. The molecule has 4 aromatic rings. The van der Waals surface area contributed by atoms with Crippen molar-refractivity contribution in [1.29, 1.82) is 0 Å². The fourth-order valence-corrected chi connectivity index (χ4v) is 6.09. The molecule has 6 nitrogen and oxygen atoms in total. The van der Waals surface area contributed by atoms with Crippen LogP contribution >= 0.6 is 11.8 Å². The Balaban J connectivity index is 1.60. The third-order valence-corrected chi connectivity index (χ3v) is 8.95. The van der Waals surface area contributed by atoms with E-state index in [0.717, 1.165) is 21.6 Å². The summed E-state index contributed by atoms with van der Waals surface area (Å²) in [5, 5.41) is -0.651. The van der Waals surface area contributed by atoms with Crippen molar-refractivity contribution in [3.63, 3.8) is 0 Å². The van der Waals surface area contributed by atoms with Crippen LogP contribution in [0.1, 0.15) is 73.5 Å². The quantitative estimate of drug-likeness (QED) is 0.0816. The summed E-state index contributed by atoms with van der Waals surface area (Å²) in [5.74, 6) is -2.74. The molecule has 0 spiro atoms. The van der Waals surface area contributed by atoms with Gasteiger partial charge in [0.2, 0.25) is 5.91 Å². The highest BCUT2D eigenvalue weighted by Gasteiger charge is 2.30. The van der Waals surface area contributed by atoms with E-state index in [4.69, 9.17) is 8.22 Å². The number of benzene rings is 3. The molecule has 254 valence electrons. The average Bonchev–Trinajstić information content (AvgIpc) is 3.64. The lowest BCUT2D eigenvalue weighted by molar-refractivity contribution is -0.137. The zero-order chi connectivity index (χ0) is 42.4. The first kappa shape index (κ1) is 25.1. The zero-order valence-corrected chi connectivity index (χ0v) is 27.4. The Morgan fingerprint density at radius 1 is 1.02 bits per heavy atom. The lowest BCUT2D eigenvalue weighted by Crippen LogP contribution is -2.42. The van der Waals surface area contributed by atoms with Gasteiger partial charge in [-0.15, -0.1) is 0 Å². The maximum Gasteiger partial charge on any atom is 0.416 e. The Morgan fingerprint density at radius 3 is 2.25 bits per heavy atom. The molecule has 0 saturated carbocycles.